The van der Waals surface area contributed by atoms with Crippen molar-refractivity contribution in [1.29, 1.82) is 0 Å². The minimum Gasteiger partial charge on any atom is -0.487 e. The molecule has 0 aliphatic rings. The molecule has 6 nitrogen and oxygen atoms in total. The molecule has 0 aliphatic carbocycles. The van der Waals surface area contributed by atoms with Crippen LogP contribution in [0.1, 0.15) is 27.9 Å². The highest BCUT2D eigenvalue weighted by molar-refractivity contribution is 7.98. The van der Waals surface area contributed by atoms with Crippen LogP contribution in [-0.2, 0) is 11.4 Å². The summed E-state index contributed by atoms with van der Waals surface area (Å²) in [5, 5.41) is 12.2. The first-order valence-corrected chi connectivity index (χ1v) is 11.6. The summed E-state index contributed by atoms with van der Waals surface area (Å²) < 4.78 is 5.80. The van der Waals surface area contributed by atoms with Gasteiger partial charge in [0.05, 0.1) is 6.20 Å². The Balaban J connectivity index is 1.90. The average Bonchev–Trinajstić information content (AvgIpc) is 2.80. The number of carboxylic acid groups (broad SMARTS) is 1. The van der Waals surface area contributed by atoms with Gasteiger partial charge in [0, 0.05) is 11.8 Å². The van der Waals surface area contributed by atoms with Crippen LogP contribution < -0.4 is 10.1 Å². The molecule has 1 heterocycles. The monoisotopic (exact) mass is 450 g/mol. The number of carbonyl (C=O) groups is 2. The second kappa shape index (κ2) is 11.3. The molecule has 0 saturated carbocycles. The van der Waals surface area contributed by atoms with Gasteiger partial charge in [-0.05, 0) is 66.3 Å². The lowest BCUT2D eigenvalue weighted by Crippen LogP contribution is -2.41. The number of benzene rings is 2. The zero-order chi connectivity index (χ0) is 22.9. The lowest BCUT2D eigenvalue weighted by molar-refractivity contribution is -0.139. The molecule has 0 spiro atoms. The number of carbonyl (C=O) groups excluding carboxylic acids is 1. The van der Waals surface area contributed by atoms with E-state index >= 15 is 0 Å². The summed E-state index contributed by atoms with van der Waals surface area (Å²) in [7, 11) is 0. The van der Waals surface area contributed by atoms with Crippen LogP contribution in [0.2, 0.25) is 0 Å². The van der Waals surface area contributed by atoms with E-state index in [1.165, 1.54) is 0 Å². The highest BCUT2D eigenvalue weighted by Crippen LogP contribution is 2.27. The normalized spacial score (nSPS) is 11.6. The average molecular weight is 451 g/mol. The minimum absolute atomic E-state index is 0.317. The lowest BCUT2D eigenvalue weighted by Gasteiger charge is -2.17. The van der Waals surface area contributed by atoms with Crippen molar-refractivity contribution in [3.8, 4) is 16.9 Å². The van der Waals surface area contributed by atoms with Gasteiger partial charge in [0.25, 0.3) is 5.91 Å². The predicted octanol–water partition coefficient (Wildman–Crippen LogP) is 4.57. The number of nitrogens with one attached hydrogen (secondary N) is 1. The van der Waals surface area contributed by atoms with Crippen LogP contribution in [0.15, 0.2) is 67.0 Å². The number of aromatic nitrogens is 1. The molecule has 0 bridgehead atoms. The highest BCUT2D eigenvalue weighted by atomic mass is 32.2. The maximum atomic E-state index is 13.1. The van der Waals surface area contributed by atoms with E-state index < -0.39 is 17.9 Å². The van der Waals surface area contributed by atoms with E-state index in [0.29, 0.717) is 30.1 Å². The fourth-order valence-corrected chi connectivity index (χ4v) is 3.73. The van der Waals surface area contributed by atoms with E-state index in [2.05, 4.69) is 10.3 Å². The SMILES string of the molecule is CSCCC(NC(=O)c1ccc(COc2cccnc2)cc1-c1cccc(C)c1)C(=O)O. The highest BCUT2D eigenvalue weighted by Gasteiger charge is 2.22. The van der Waals surface area contributed by atoms with Crippen LogP contribution in [0.3, 0.4) is 0 Å². The molecule has 166 valence electrons. The second-order valence-corrected chi connectivity index (χ2v) is 8.36. The van der Waals surface area contributed by atoms with Gasteiger partial charge in [0.1, 0.15) is 18.4 Å². The predicted molar refractivity (Wildman–Crippen MR) is 127 cm³/mol. The Labute approximate surface area is 192 Å². The number of ether oxygens (including phenoxy) is 1. The summed E-state index contributed by atoms with van der Waals surface area (Å²) in [5.74, 6) is -0.141. The van der Waals surface area contributed by atoms with Crippen LogP contribution in [0, 0.1) is 6.92 Å². The number of carboxylic acids is 1. The molecule has 0 saturated heterocycles. The fraction of sp³-hybridized carbons (Fsp3) is 0.240. The Morgan fingerprint density at radius 3 is 2.69 bits per heavy atom. The Morgan fingerprint density at radius 1 is 1.16 bits per heavy atom. The molecular weight excluding hydrogens is 424 g/mol. The number of aryl methyl sites for hydroxylation is 1. The molecule has 1 atom stereocenters. The Hall–Kier alpha value is -3.32. The van der Waals surface area contributed by atoms with Crippen molar-refractivity contribution < 1.29 is 19.4 Å². The maximum absolute atomic E-state index is 13.1. The largest absolute Gasteiger partial charge is 0.487 e. The van der Waals surface area contributed by atoms with E-state index in [1.54, 1.807) is 36.3 Å². The Kier molecular flexibility index (Phi) is 8.27. The summed E-state index contributed by atoms with van der Waals surface area (Å²) in [6.07, 6.45) is 5.59. The standard InChI is InChI=1S/C25H26N2O4S/c1-17-5-3-6-19(13-17)22-14-18(16-31-20-7-4-11-26-15-20)8-9-21(22)24(28)27-23(25(29)30)10-12-32-2/h3-9,11,13-15,23H,10,12,16H2,1-2H3,(H,27,28)(H,29,30). The van der Waals surface area contributed by atoms with E-state index in [-0.39, 0.29) is 0 Å². The summed E-state index contributed by atoms with van der Waals surface area (Å²) in [4.78, 5) is 28.7. The van der Waals surface area contributed by atoms with E-state index in [0.717, 1.165) is 22.3 Å². The van der Waals surface area contributed by atoms with Gasteiger partial charge in [-0.2, -0.15) is 11.8 Å². The van der Waals surface area contributed by atoms with Crippen molar-refractivity contribution in [2.75, 3.05) is 12.0 Å². The number of hydrogen-bond acceptors (Lipinski definition) is 5. The second-order valence-electron chi connectivity index (χ2n) is 7.37. The number of aliphatic carboxylic acids is 1. The molecular formula is C25H26N2O4S. The van der Waals surface area contributed by atoms with Crippen molar-refractivity contribution in [1.82, 2.24) is 10.3 Å². The first-order valence-electron chi connectivity index (χ1n) is 10.2. The van der Waals surface area contributed by atoms with Gasteiger partial charge in [-0.1, -0.05) is 35.9 Å². The topological polar surface area (TPSA) is 88.5 Å². The zero-order valence-electron chi connectivity index (χ0n) is 18.1. The van der Waals surface area contributed by atoms with Gasteiger partial charge in [0.2, 0.25) is 0 Å². The van der Waals surface area contributed by atoms with E-state index in [9.17, 15) is 14.7 Å². The first-order chi connectivity index (χ1) is 15.5. The molecule has 1 unspecified atom stereocenters. The molecule has 0 fully saturated rings. The number of pyridine rings is 1. The van der Waals surface area contributed by atoms with Gasteiger partial charge >= 0.3 is 5.97 Å². The number of amides is 1. The van der Waals surface area contributed by atoms with Crippen molar-refractivity contribution in [2.24, 2.45) is 0 Å². The van der Waals surface area contributed by atoms with Gasteiger partial charge in [0.15, 0.2) is 0 Å². The quantitative estimate of drug-likeness (QED) is 0.470. The molecule has 2 N–H and O–H groups in total. The summed E-state index contributed by atoms with van der Waals surface area (Å²) in [6, 6.07) is 16.0. The van der Waals surface area contributed by atoms with Gasteiger partial charge in [-0.3, -0.25) is 9.78 Å². The molecule has 0 radical (unpaired) electrons. The lowest BCUT2D eigenvalue weighted by atomic mass is 9.95. The third-order valence-corrected chi connectivity index (χ3v) is 5.56. The summed E-state index contributed by atoms with van der Waals surface area (Å²) in [5.41, 5.74) is 3.99. The van der Waals surface area contributed by atoms with Crippen molar-refractivity contribution in [3.05, 3.63) is 83.7 Å². The first kappa shape index (κ1) is 23.3. The summed E-state index contributed by atoms with van der Waals surface area (Å²) >= 11 is 1.54. The van der Waals surface area contributed by atoms with E-state index in [4.69, 9.17) is 4.74 Å². The van der Waals surface area contributed by atoms with Gasteiger partial charge in [-0.15, -0.1) is 0 Å². The number of rotatable bonds is 10. The third-order valence-electron chi connectivity index (χ3n) is 4.91. The molecule has 3 aromatic rings. The van der Waals surface area contributed by atoms with Crippen molar-refractivity contribution in [3.63, 3.8) is 0 Å². The van der Waals surface area contributed by atoms with Gasteiger partial charge < -0.3 is 15.2 Å². The number of nitrogens with zero attached hydrogens (tertiary/aromatic N) is 1. The zero-order valence-corrected chi connectivity index (χ0v) is 18.9. The molecule has 3 rings (SSSR count). The summed E-state index contributed by atoms with van der Waals surface area (Å²) in [6.45, 7) is 2.30. The van der Waals surface area contributed by atoms with Crippen molar-refractivity contribution in [2.45, 2.75) is 26.0 Å². The van der Waals surface area contributed by atoms with Crippen LogP contribution in [-0.4, -0.2) is 40.0 Å². The number of hydrogen-bond donors (Lipinski definition) is 2. The van der Waals surface area contributed by atoms with Gasteiger partial charge in [-0.25, -0.2) is 4.79 Å². The van der Waals surface area contributed by atoms with Crippen LogP contribution in [0.5, 0.6) is 5.75 Å². The smallest absolute Gasteiger partial charge is 0.326 e. The van der Waals surface area contributed by atoms with Crippen molar-refractivity contribution >= 4 is 23.6 Å². The molecule has 1 aromatic heterocycles. The molecule has 0 aliphatic heterocycles. The van der Waals surface area contributed by atoms with Crippen LogP contribution in [0.25, 0.3) is 11.1 Å². The maximum Gasteiger partial charge on any atom is 0.326 e. The molecule has 1 amide bonds. The van der Waals surface area contributed by atoms with Crippen LogP contribution in [0.4, 0.5) is 0 Å². The molecule has 32 heavy (non-hydrogen) atoms. The molecule has 2 aromatic carbocycles. The Bertz CT molecular complexity index is 1070. The fourth-order valence-electron chi connectivity index (χ4n) is 3.26. The third kappa shape index (κ3) is 6.34. The molecule has 7 heteroatoms. The number of thioether (sulfide) groups is 1. The Morgan fingerprint density at radius 2 is 2.00 bits per heavy atom. The minimum atomic E-state index is -1.04. The van der Waals surface area contributed by atoms with Crippen LogP contribution >= 0.6 is 11.8 Å². The van der Waals surface area contributed by atoms with E-state index in [1.807, 2.05) is 55.6 Å².